The molecule has 9 heteroatoms. The number of rotatable bonds is 7. The van der Waals surface area contributed by atoms with E-state index in [9.17, 15) is 9.59 Å². The Bertz CT molecular complexity index is 960. The fourth-order valence-corrected chi connectivity index (χ4v) is 3.89. The maximum absolute atomic E-state index is 12.7. The zero-order valence-electron chi connectivity index (χ0n) is 15.4. The second-order valence-electron chi connectivity index (χ2n) is 6.09. The van der Waals surface area contributed by atoms with Crippen molar-refractivity contribution in [3.63, 3.8) is 0 Å². The van der Waals surface area contributed by atoms with Gasteiger partial charge >= 0.3 is 0 Å². The number of carbonyl (C=O) groups is 2. The molecule has 0 spiro atoms. The van der Waals surface area contributed by atoms with Crippen LogP contribution in [0.15, 0.2) is 53.6 Å². The predicted octanol–water partition coefficient (Wildman–Crippen LogP) is 3.47. The van der Waals surface area contributed by atoms with E-state index in [1.165, 1.54) is 23.1 Å². The highest BCUT2D eigenvalue weighted by atomic mass is 32.2. The molecule has 3 aromatic rings. The van der Waals surface area contributed by atoms with E-state index >= 15 is 0 Å². The predicted molar refractivity (Wildman–Crippen MR) is 112 cm³/mol. The van der Waals surface area contributed by atoms with Crippen LogP contribution in [0, 0.1) is 0 Å². The van der Waals surface area contributed by atoms with Gasteiger partial charge in [0.25, 0.3) is 5.91 Å². The van der Waals surface area contributed by atoms with E-state index in [0.717, 1.165) is 4.90 Å². The second-order valence-corrected chi connectivity index (χ2v) is 8.08. The molecule has 0 aliphatic heterocycles. The van der Waals surface area contributed by atoms with Crippen LogP contribution in [-0.2, 0) is 4.79 Å². The molecule has 3 rings (SSSR count). The van der Waals surface area contributed by atoms with Crippen LogP contribution in [0.1, 0.15) is 24.2 Å². The van der Waals surface area contributed by atoms with Gasteiger partial charge in [-0.05, 0) is 38.1 Å². The lowest BCUT2D eigenvalue weighted by Gasteiger charge is -2.10. The minimum absolute atomic E-state index is 0.0701. The van der Waals surface area contributed by atoms with E-state index in [2.05, 4.69) is 25.8 Å². The van der Waals surface area contributed by atoms with Gasteiger partial charge < -0.3 is 5.32 Å². The van der Waals surface area contributed by atoms with Crippen molar-refractivity contribution in [3.8, 4) is 10.7 Å². The average Bonchev–Trinajstić information content (AvgIpc) is 3.15. The highest BCUT2D eigenvalue weighted by Gasteiger charge is 2.16. The maximum atomic E-state index is 12.7. The highest BCUT2D eigenvalue weighted by Crippen LogP contribution is 2.27. The fourth-order valence-electron chi connectivity index (χ4n) is 2.32. The summed E-state index contributed by atoms with van der Waals surface area (Å²) >= 11 is 2.57. The first-order chi connectivity index (χ1) is 13.5. The van der Waals surface area contributed by atoms with Crippen LogP contribution < -0.4 is 10.6 Å². The average molecular weight is 414 g/mol. The lowest BCUT2D eigenvalue weighted by atomic mass is 10.2. The second kappa shape index (κ2) is 9.43. The SMILES string of the molecule is CC(C)NC(=O)CSc1ccccc1C(=O)Nc1nnc(-c2ccccn2)s1. The summed E-state index contributed by atoms with van der Waals surface area (Å²) in [7, 11) is 0. The van der Waals surface area contributed by atoms with Crippen molar-refractivity contribution in [2.24, 2.45) is 0 Å². The summed E-state index contributed by atoms with van der Waals surface area (Å²) in [5.41, 5.74) is 1.19. The van der Waals surface area contributed by atoms with Crippen molar-refractivity contribution in [2.75, 3.05) is 11.1 Å². The molecule has 2 N–H and O–H groups in total. The van der Waals surface area contributed by atoms with E-state index in [1.54, 1.807) is 18.3 Å². The van der Waals surface area contributed by atoms with E-state index in [4.69, 9.17) is 0 Å². The molecule has 0 aliphatic carbocycles. The standard InChI is InChI=1S/C19H19N5O2S2/c1-12(2)21-16(25)11-27-15-9-4-3-7-13(15)17(26)22-19-24-23-18(28-19)14-8-5-6-10-20-14/h3-10,12H,11H2,1-2H3,(H,21,25)(H,22,24,26). The monoisotopic (exact) mass is 413 g/mol. The topological polar surface area (TPSA) is 96.9 Å². The van der Waals surface area contributed by atoms with Crippen LogP contribution in [0.3, 0.4) is 0 Å². The molecule has 0 aliphatic rings. The zero-order valence-corrected chi connectivity index (χ0v) is 17.0. The molecule has 0 radical (unpaired) electrons. The maximum Gasteiger partial charge on any atom is 0.258 e. The van der Waals surface area contributed by atoms with E-state index < -0.39 is 0 Å². The van der Waals surface area contributed by atoms with Gasteiger partial charge in [0, 0.05) is 17.1 Å². The Balaban J connectivity index is 1.68. The van der Waals surface area contributed by atoms with Crippen LogP contribution in [0.2, 0.25) is 0 Å². The molecule has 144 valence electrons. The van der Waals surface area contributed by atoms with Gasteiger partial charge in [-0.3, -0.25) is 19.9 Å². The zero-order chi connectivity index (χ0) is 19.9. The number of thioether (sulfide) groups is 1. The molecule has 0 fully saturated rings. The molecular weight excluding hydrogens is 394 g/mol. The molecule has 0 atom stereocenters. The summed E-state index contributed by atoms with van der Waals surface area (Å²) in [6, 6.07) is 12.8. The molecule has 0 saturated heterocycles. The number of hydrogen-bond acceptors (Lipinski definition) is 7. The molecule has 7 nitrogen and oxygen atoms in total. The third-order valence-electron chi connectivity index (χ3n) is 3.47. The fraction of sp³-hybridized carbons (Fsp3) is 0.211. The third kappa shape index (κ3) is 5.37. The third-order valence-corrected chi connectivity index (χ3v) is 5.40. The van der Waals surface area contributed by atoms with Crippen LogP contribution in [-0.4, -0.2) is 38.8 Å². The summed E-state index contributed by atoms with van der Waals surface area (Å²) in [5.74, 6) is -0.124. The minimum atomic E-state index is -0.295. The number of benzene rings is 1. The first-order valence-corrected chi connectivity index (χ1v) is 10.4. The largest absolute Gasteiger partial charge is 0.353 e. The molecular formula is C19H19N5O2S2. The van der Waals surface area contributed by atoms with Crippen molar-refractivity contribution < 1.29 is 9.59 Å². The first-order valence-electron chi connectivity index (χ1n) is 8.60. The number of nitrogens with zero attached hydrogens (tertiary/aromatic N) is 3. The smallest absolute Gasteiger partial charge is 0.258 e. The Labute approximate surface area is 171 Å². The van der Waals surface area contributed by atoms with Crippen molar-refractivity contribution in [3.05, 3.63) is 54.2 Å². The van der Waals surface area contributed by atoms with Gasteiger partial charge in [0.1, 0.15) is 5.69 Å². The van der Waals surface area contributed by atoms with E-state index in [1.807, 2.05) is 44.2 Å². The van der Waals surface area contributed by atoms with Gasteiger partial charge in [-0.1, -0.05) is 29.5 Å². The Morgan fingerprint density at radius 2 is 1.89 bits per heavy atom. The molecule has 0 bridgehead atoms. The molecule has 1 aromatic carbocycles. The summed E-state index contributed by atoms with van der Waals surface area (Å²) < 4.78 is 0. The Kier molecular flexibility index (Phi) is 6.72. The quantitative estimate of drug-likeness (QED) is 0.576. The number of aromatic nitrogens is 3. The van der Waals surface area contributed by atoms with Crippen molar-refractivity contribution >= 4 is 40.0 Å². The minimum Gasteiger partial charge on any atom is -0.353 e. The Morgan fingerprint density at radius 1 is 1.11 bits per heavy atom. The van der Waals surface area contributed by atoms with Gasteiger partial charge in [-0.25, -0.2) is 0 Å². The van der Waals surface area contributed by atoms with Crippen LogP contribution in [0.25, 0.3) is 10.7 Å². The Hall–Kier alpha value is -2.78. The van der Waals surface area contributed by atoms with Gasteiger partial charge in [-0.15, -0.1) is 22.0 Å². The highest BCUT2D eigenvalue weighted by molar-refractivity contribution is 8.00. The number of nitrogens with one attached hydrogen (secondary N) is 2. The number of anilines is 1. The number of pyridine rings is 1. The number of hydrogen-bond donors (Lipinski definition) is 2. The molecule has 2 amide bonds. The van der Waals surface area contributed by atoms with Gasteiger partial charge in [0.05, 0.1) is 11.3 Å². The lowest BCUT2D eigenvalue weighted by Crippen LogP contribution is -2.31. The van der Waals surface area contributed by atoms with Crippen LogP contribution >= 0.6 is 23.1 Å². The van der Waals surface area contributed by atoms with E-state index in [-0.39, 0.29) is 23.6 Å². The number of amides is 2. The summed E-state index contributed by atoms with van der Waals surface area (Å²) in [6.07, 6.45) is 1.68. The number of carbonyl (C=O) groups excluding carboxylic acids is 2. The van der Waals surface area contributed by atoms with Crippen molar-refractivity contribution in [1.82, 2.24) is 20.5 Å². The molecule has 2 aromatic heterocycles. The lowest BCUT2D eigenvalue weighted by molar-refractivity contribution is -0.119. The van der Waals surface area contributed by atoms with Crippen LogP contribution in [0.4, 0.5) is 5.13 Å². The summed E-state index contributed by atoms with van der Waals surface area (Å²) in [6.45, 7) is 3.82. The first kappa shape index (κ1) is 20.0. The molecule has 28 heavy (non-hydrogen) atoms. The van der Waals surface area contributed by atoms with E-state index in [0.29, 0.717) is 21.4 Å². The van der Waals surface area contributed by atoms with Crippen molar-refractivity contribution in [1.29, 1.82) is 0 Å². The van der Waals surface area contributed by atoms with Gasteiger partial charge in [0.2, 0.25) is 11.0 Å². The molecule has 2 heterocycles. The molecule has 0 unspecified atom stereocenters. The Morgan fingerprint density at radius 3 is 2.64 bits per heavy atom. The summed E-state index contributed by atoms with van der Waals surface area (Å²) in [4.78, 5) is 29.5. The van der Waals surface area contributed by atoms with Crippen LogP contribution in [0.5, 0.6) is 0 Å². The molecule has 0 saturated carbocycles. The van der Waals surface area contributed by atoms with Crippen molar-refractivity contribution in [2.45, 2.75) is 24.8 Å². The normalized spacial score (nSPS) is 10.7. The summed E-state index contributed by atoms with van der Waals surface area (Å²) in [5, 5.41) is 14.7. The van der Waals surface area contributed by atoms with Gasteiger partial charge in [0.15, 0.2) is 5.01 Å². The van der Waals surface area contributed by atoms with Gasteiger partial charge in [-0.2, -0.15) is 0 Å².